The summed E-state index contributed by atoms with van der Waals surface area (Å²) < 4.78 is 0. The number of benzene rings is 3. The number of carbonyl (C=O) groups excluding carboxylic acids is 1. The number of carbonyl (C=O) groups is 1. The Labute approximate surface area is 187 Å². The van der Waals surface area contributed by atoms with Crippen LogP contribution >= 0.6 is 0 Å². The number of Topliss-reactive ketones (excluding diaryl/α,β-unsaturated/α-hetero) is 1. The number of hydrogen-bond donors (Lipinski definition) is 4. The Morgan fingerprint density at radius 2 is 1.16 bits per heavy atom. The second-order valence-electron chi connectivity index (χ2n) is 9.72. The highest BCUT2D eigenvalue weighted by molar-refractivity contribution is 6.02. The summed E-state index contributed by atoms with van der Waals surface area (Å²) in [4.78, 5) is 13.8. The van der Waals surface area contributed by atoms with Crippen molar-refractivity contribution in [1.29, 1.82) is 0 Å². The summed E-state index contributed by atoms with van der Waals surface area (Å²) in [5.41, 5.74) is 1.93. The Balaban J connectivity index is 1.85. The maximum Gasteiger partial charge on any atom is 0.170 e. The summed E-state index contributed by atoms with van der Waals surface area (Å²) in [6.07, 6.45) is 0. The van der Waals surface area contributed by atoms with Gasteiger partial charge in [-0.3, -0.25) is 4.79 Å². The molecule has 32 heavy (non-hydrogen) atoms. The van der Waals surface area contributed by atoms with E-state index in [4.69, 9.17) is 0 Å². The van der Waals surface area contributed by atoms with Crippen LogP contribution in [0.1, 0.15) is 54.1 Å². The first-order valence-corrected chi connectivity index (χ1v) is 10.7. The molecular formula is C27H28O5. The molecule has 0 aromatic heterocycles. The first-order chi connectivity index (χ1) is 15.1. The smallest absolute Gasteiger partial charge is 0.170 e. The Morgan fingerprint density at radius 1 is 0.688 bits per heavy atom. The molecule has 0 bridgehead atoms. The van der Waals surface area contributed by atoms with Gasteiger partial charge in [0.05, 0.1) is 5.56 Å². The fourth-order valence-electron chi connectivity index (χ4n) is 5.28. The molecule has 0 aliphatic heterocycles. The van der Waals surface area contributed by atoms with E-state index in [0.717, 1.165) is 11.1 Å². The maximum absolute atomic E-state index is 13.8. The highest BCUT2D eigenvalue weighted by atomic mass is 16.3. The zero-order chi connectivity index (χ0) is 23.2. The lowest BCUT2D eigenvalue weighted by molar-refractivity contribution is 0.00441. The van der Waals surface area contributed by atoms with Crippen LogP contribution < -0.4 is 0 Å². The van der Waals surface area contributed by atoms with Crippen molar-refractivity contribution in [1.82, 2.24) is 0 Å². The molecule has 4 rings (SSSR count). The minimum atomic E-state index is -0.409. The van der Waals surface area contributed by atoms with Gasteiger partial charge in [0, 0.05) is 17.9 Å². The Kier molecular flexibility index (Phi) is 5.37. The molecule has 1 aliphatic carbocycles. The summed E-state index contributed by atoms with van der Waals surface area (Å²) >= 11 is 0. The van der Waals surface area contributed by atoms with Gasteiger partial charge in [0.1, 0.15) is 23.0 Å². The predicted octanol–water partition coefficient (Wildman–Crippen LogP) is 5.55. The van der Waals surface area contributed by atoms with Gasteiger partial charge >= 0.3 is 0 Å². The third-order valence-corrected chi connectivity index (χ3v) is 6.65. The van der Waals surface area contributed by atoms with Crippen molar-refractivity contribution in [2.45, 2.75) is 32.6 Å². The summed E-state index contributed by atoms with van der Waals surface area (Å²) in [6.45, 7) is 6.32. The van der Waals surface area contributed by atoms with E-state index in [0.29, 0.717) is 0 Å². The molecule has 0 amide bonds. The van der Waals surface area contributed by atoms with Crippen LogP contribution in [0.2, 0.25) is 0 Å². The minimum absolute atomic E-state index is 0.00773. The number of phenolic OH excluding ortho intramolecular Hbond substituents is 4. The molecule has 3 aromatic rings. The largest absolute Gasteiger partial charge is 0.508 e. The van der Waals surface area contributed by atoms with Gasteiger partial charge in [0.15, 0.2) is 5.78 Å². The van der Waals surface area contributed by atoms with Crippen molar-refractivity contribution in [2.24, 2.45) is 17.3 Å². The van der Waals surface area contributed by atoms with E-state index in [1.54, 1.807) is 24.3 Å². The van der Waals surface area contributed by atoms with Crippen LogP contribution in [0.15, 0.2) is 66.7 Å². The third-order valence-electron chi connectivity index (χ3n) is 6.65. The van der Waals surface area contributed by atoms with E-state index in [1.165, 1.54) is 18.2 Å². The SMILES string of the molecule is CC(C)(C)C1C(C(=O)c2ccc(O)cc2O)C(c2ccc(O)cc2)C1c1ccc(O)cc1. The lowest BCUT2D eigenvalue weighted by atomic mass is 9.45. The van der Waals surface area contributed by atoms with Gasteiger partial charge in [-0.15, -0.1) is 0 Å². The quantitative estimate of drug-likeness (QED) is 0.405. The summed E-state index contributed by atoms with van der Waals surface area (Å²) in [5, 5.41) is 39.6. The first-order valence-electron chi connectivity index (χ1n) is 10.7. The fraction of sp³-hybridized carbons (Fsp3) is 0.296. The molecule has 0 saturated heterocycles. The second kappa shape index (κ2) is 7.90. The second-order valence-corrected chi connectivity index (χ2v) is 9.72. The molecule has 4 atom stereocenters. The van der Waals surface area contributed by atoms with Crippen molar-refractivity contribution in [3.05, 3.63) is 83.4 Å². The normalized spacial score (nSPS) is 22.8. The molecule has 4 unspecified atom stereocenters. The Bertz CT molecular complexity index is 1130. The van der Waals surface area contributed by atoms with E-state index in [2.05, 4.69) is 20.8 Å². The zero-order valence-electron chi connectivity index (χ0n) is 18.4. The van der Waals surface area contributed by atoms with E-state index in [9.17, 15) is 25.2 Å². The third kappa shape index (κ3) is 3.79. The van der Waals surface area contributed by atoms with Crippen LogP contribution in [0, 0.1) is 17.3 Å². The molecule has 0 radical (unpaired) electrons. The zero-order valence-corrected chi connectivity index (χ0v) is 18.4. The average Bonchev–Trinajstić information content (AvgIpc) is 2.69. The summed E-state index contributed by atoms with van der Waals surface area (Å²) in [7, 11) is 0. The Morgan fingerprint density at radius 3 is 1.62 bits per heavy atom. The Hall–Kier alpha value is -3.47. The van der Waals surface area contributed by atoms with Crippen LogP contribution in [-0.2, 0) is 0 Å². The molecule has 5 nitrogen and oxygen atoms in total. The van der Waals surface area contributed by atoms with Crippen molar-refractivity contribution in [3.8, 4) is 23.0 Å². The van der Waals surface area contributed by atoms with Gasteiger partial charge in [-0.25, -0.2) is 0 Å². The van der Waals surface area contributed by atoms with Crippen LogP contribution in [0.4, 0.5) is 0 Å². The molecule has 3 aromatic carbocycles. The van der Waals surface area contributed by atoms with Gasteiger partial charge in [-0.2, -0.15) is 0 Å². The van der Waals surface area contributed by atoms with Gasteiger partial charge in [0.25, 0.3) is 0 Å². The van der Waals surface area contributed by atoms with Crippen molar-refractivity contribution < 1.29 is 25.2 Å². The number of aromatic hydroxyl groups is 4. The van der Waals surface area contributed by atoms with E-state index in [-0.39, 0.29) is 57.5 Å². The first kappa shape index (κ1) is 21.8. The van der Waals surface area contributed by atoms with Crippen molar-refractivity contribution in [2.75, 3.05) is 0 Å². The summed E-state index contributed by atoms with van der Waals surface area (Å²) in [6, 6.07) is 18.1. The summed E-state index contributed by atoms with van der Waals surface area (Å²) in [5.74, 6) is -0.782. The molecule has 1 aliphatic rings. The van der Waals surface area contributed by atoms with E-state index >= 15 is 0 Å². The average molecular weight is 433 g/mol. The molecule has 0 heterocycles. The standard InChI is InChI=1S/C27H28O5/c1-27(2,3)25-23(16-6-10-18(29)11-7-16)22(15-4-8-17(28)9-5-15)24(25)26(32)20-13-12-19(30)14-21(20)31/h4-14,22-25,28-31H,1-3H3. The highest BCUT2D eigenvalue weighted by Gasteiger charge is 2.58. The van der Waals surface area contributed by atoms with Gasteiger partial charge < -0.3 is 20.4 Å². The van der Waals surface area contributed by atoms with Gasteiger partial charge in [0.2, 0.25) is 0 Å². The molecule has 4 N–H and O–H groups in total. The monoisotopic (exact) mass is 432 g/mol. The van der Waals surface area contributed by atoms with Crippen LogP contribution in [-0.4, -0.2) is 26.2 Å². The van der Waals surface area contributed by atoms with Crippen LogP contribution in [0.3, 0.4) is 0 Å². The molecular weight excluding hydrogens is 404 g/mol. The lowest BCUT2D eigenvalue weighted by Gasteiger charge is -2.57. The maximum atomic E-state index is 13.8. The molecule has 1 fully saturated rings. The lowest BCUT2D eigenvalue weighted by Crippen LogP contribution is -2.53. The van der Waals surface area contributed by atoms with Crippen LogP contribution in [0.25, 0.3) is 0 Å². The van der Waals surface area contributed by atoms with Gasteiger partial charge in [-0.1, -0.05) is 45.0 Å². The van der Waals surface area contributed by atoms with E-state index < -0.39 is 5.92 Å². The number of hydrogen-bond acceptors (Lipinski definition) is 5. The van der Waals surface area contributed by atoms with Crippen molar-refractivity contribution in [3.63, 3.8) is 0 Å². The highest BCUT2D eigenvalue weighted by Crippen LogP contribution is 2.64. The van der Waals surface area contributed by atoms with E-state index in [1.807, 2.05) is 24.3 Å². The molecule has 166 valence electrons. The topological polar surface area (TPSA) is 98.0 Å². The molecule has 1 saturated carbocycles. The van der Waals surface area contributed by atoms with Crippen LogP contribution in [0.5, 0.6) is 23.0 Å². The number of rotatable bonds is 4. The minimum Gasteiger partial charge on any atom is -0.508 e. The number of phenols is 4. The number of ketones is 1. The fourth-order valence-corrected chi connectivity index (χ4v) is 5.28. The predicted molar refractivity (Wildman–Crippen MR) is 122 cm³/mol. The molecule has 5 heteroatoms. The van der Waals surface area contributed by atoms with Gasteiger partial charge in [-0.05, 0) is 64.8 Å². The molecule has 0 spiro atoms. The van der Waals surface area contributed by atoms with Crippen molar-refractivity contribution >= 4 is 5.78 Å².